The third-order valence-corrected chi connectivity index (χ3v) is 3.08. The number of benzene rings is 2. The highest BCUT2D eigenvalue weighted by Crippen LogP contribution is 2.27. The van der Waals surface area contributed by atoms with E-state index in [1.807, 2.05) is 38.1 Å². The predicted molar refractivity (Wildman–Crippen MR) is 88.6 cm³/mol. The van der Waals surface area contributed by atoms with Crippen molar-refractivity contribution in [2.24, 2.45) is 5.73 Å². The van der Waals surface area contributed by atoms with Gasteiger partial charge >= 0.3 is 6.36 Å². The fourth-order valence-corrected chi connectivity index (χ4v) is 2.10. The summed E-state index contributed by atoms with van der Waals surface area (Å²) < 4.78 is 45.8. The molecular weight excluding hydrogens is 343 g/mol. The molecule has 2 N–H and O–H groups in total. The van der Waals surface area contributed by atoms with Crippen LogP contribution in [0, 0.1) is 0 Å². The van der Waals surface area contributed by atoms with E-state index in [0.29, 0.717) is 5.56 Å². The average Bonchev–Trinajstić information content (AvgIpc) is 2.46. The lowest BCUT2D eigenvalue weighted by Gasteiger charge is -2.15. The maximum atomic E-state index is 12.1. The first kappa shape index (κ1) is 20.1. The summed E-state index contributed by atoms with van der Waals surface area (Å²) in [5.41, 5.74) is 7.67. The summed E-state index contributed by atoms with van der Waals surface area (Å²) in [5, 5.41) is 0. The third-order valence-electron chi connectivity index (χ3n) is 3.08. The van der Waals surface area contributed by atoms with Crippen LogP contribution in [0.25, 0.3) is 0 Å². The summed E-state index contributed by atoms with van der Waals surface area (Å²) in [7, 11) is 0. The molecule has 0 saturated carbocycles. The Hall–Kier alpha value is -1.92. The predicted octanol–water partition coefficient (Wildman–Crippen LogP) is 4.84. The fraction of sp³-hybridized carbons (Fsp3) is 0.294. The molecule has 0 radical (unpaired) electrons. The van der Waals surface area contributed by atoms with E-state index < -0.39 is 12.4 Å². The van der Waals surface area contributed by atoms with E-state index >= 15 is 0 Å². The zero-order valence-corrected chi connectivity index (χ0v) is 14.0. The van der Waals surface area contributed by atoms with Crippen LogP contribution in [0.1, 0.15) is 31.0 Å². The molecule has 3 nitrogen and oxygen atoms in total. The molecule has 24 heavy (non-hydrogen) atoms. The molecule has 0 aliphatic rings. The third kappa shape index (κ3) is 5.94. The fourth-order valence-electron chi connectivity index (χ4n) is 2.10. The number of hydrogen-bond acceptors (Lipinski definition) is 3. The molecule has 2 aromatic rings. The van der Waals surface area contributed by atoms with E-state index in [0.717, 1.165) is 11.3 Å². The van der Waals surface area contributed by atoms with Gasteiger partial charge in [0.25, 0.3) is 0 Å². The molecule has 0 fully saturated rings. The Morgan fingerprint density at radius 3 is 1.62 bits per heavy atom. The summed E-state index contributed by atoms with van der Waals surface area (Å²) in [6.45, 7) is 3.87. The second-order valence-electron chi connectivity index (χ2n) is 5.33. The van der Waals surface area contributed by atoms with Crippen LogP contribution in [0.15, 0.2) is 48.5 Å². The number of hydrogen-bond donors (Lipinski definition) is 1. The van der Waals surface area contributed by atoms with Crippen LogP contribution in [-0.2, 0) is 0 Å². The van der Waals surface area contributed by atoms with Crippen LogP contribution in [0.5, 0.6) is 11.5 Å². The Morgan fingerprint density at radius 1 is 0.833 bits per heavy atom. The van der Waals surface area contributed by atoms with Crippen molar-refractivity contribution >= 4 is 12.4 Å². The summed E-state index contributed by atoms with van der Waals surface area (Å²) in [5.74, 6) is 0.471. The molecule has 2 rings (SSSR count). The smallest absolute Gasteiger partial charge is 0.491 e. The van der Waals surface area contributed by atoms with E-state index in [4.69, 9.17) is 10.5 Å². The molecule has 2 aromatic carbocycles. The Bertz CT molecular complexity index is 628. The van der Waals surface area contributed by atoms with E-state index in [9.17, 15) is 13.2 Å². The van der Waals surface area contributed by atoms with Crippen LogP contribution in [0.4, 0.5) is 13.2 Å². The lowest BCUT2D eigenvalue weighted by atomic mass is 9.99. The van der Waals surface area contributed by atoms with Gasteiger partial charge in [-0.2, -0.15) is 0 Å². The lowest BCUT2D eigenvalue weighted by Crippen LogP contribution is -2.17. The van der Waals surface area contributed by atoms with Crippen molar-refractivity contribution in [3.8, 4) is 11.5 Å². The topological polar surface area (TPSA) is 44.5 Å². The van der Waals surface area contributed by atoms with Gasteiger partial charge < -0.3 is 15.2 Å². The second kappa shape index (κ2) is 8.26. The highest BCUT2D eigenvalue weighted by Gasteiger charge is 2.31. The maximum Gasteiger partial charge on any atom is 0.573 e. The van der Waals surface area contributed by atoms with Gasteiger partial charge in [0.2, 0.25) is 0 Å². The summed E-state index contributed by atoms with van der Waals surface area (Å²) in [4.78, 5) is 0. The van der Waals surface area contributed by atoms with Crippen molar-refractivity contribution < 1.29 is 22.6 Å². The Balaban J connectivity index is 0.00000288. The quantitative estimate of drug-likeness (QED) is 0.828. The molecule has 0 heterocycles. The minimum absolute atomic E-state index is 0. The molecule has 0 aliphatic heterocycles. The monoisotopic (exact) mass is 361 g/mol. The van der Waals surface area contributed by atoms with Crippen molar-refractivity contribution in [1.82, 2.24) is 0 Å². The molecule has 0 bridgehead atoms. The number of halogens is 4. The average molecular weight is 362 g/mol. The molecule has 1 atom stereocenters. The summed E-state index contributed by atoms with van der Waals surface area (Å²) in [6.07, 6.45) is -4.62. The molecule has 0 aliphatic carbocycles. The molecule has 0 amide bonds. The minimum atomic E-state index is -4.70. The van der Waals surface area contributed by atoms with Gasteiger partial charge in [0.1, 0.15) is 11.5 Å². The van der Waals surface area contributed by atoms with Gasteiger partial charge in [-0.25, -0.2) is 0 Å². The van der Waals surface area contributed by atoms with Crippen LogP contribution in [0.3, 0.4) is 0 Å². The Labute approximate surface area is 145 Å². The Kier molecular flexibility index (Phi) is 6.93. The van der Waals surface area contributed by atoms with E-state index in [1.54, 1.807) is 0 Å². The van der Waals surface area contributed by atoms with Gasteiger partial charge in [-0.3, -0.25) is 0 Å². The number of rotatable bonds is 5. The van der Waals surface area contributed by atoms with E-state index in [2.05, 4.69) is 4.74 Å². The van der Waals surface area contributed by atoms with Crippen LogP contribution >= 0.6 is 12.4 Å². The second-order valence-corrected chi connectivity index (χ2v) is 5.33. The van der Waals surface area contributed by atoms with Crippen LogP contribution < -0.4 is 15.2 Å². The largest absolute Gasteiger partial charge is 0.573 e. The summed E-state index contributed by atoms with van der Waals surface area (Å²) in [6, 6.07) is 12.4. The highest BCUT2D eigenvalue weighted by molar-refractivity contribution is 5.85. The normalized spacial score (nSPS) is 12.5. The van der Waals surface area contributed by atoms with Gasteiger partial charge in [0.15, 0.2) is 0 Å². The number of ether oxygens (including phenoxy) is 2. The lowest BCUT2D eigenvalue weighted by molar-refractivity contribution is -0.274. The van der Waals surface area contributed by atoms with E-state index in [1.165, 1.54) is 24.3 Å². The van der Waals surface area contributed by atoms with Crippen molar-refractivity contribution in [3.05, 3.63) is 59.7 Å². The van der Waals surface area contributed by atoms with Crippen LogP contribution in [0.2, 0.25) is 0 Å². The van der Waals surface area contributed by atoms with Crippen molar-refractivity contribution in [1.29, 1.82) is 0 Å². The van der Waals surface area contributed by atoms with Crippen molar-refractivity contribution in [3.63, 3.8) is 0 Å². The molecule has 0 spiro atoms. The molecule has 132 valence electrons. The van der Waals surface area contributed by atoms with Gasteiger partial charge in [-0.15, -0.1) is 25.6 Å². The highest BCUT2D eigenvalue weighted by atomic mass is 35.5. The first-order valence-electron chi connectivity index (χ1n) is 7.12. The van der Waals surface area contributed by atoms with Crippen molar-refractivity contribution in [2.75, 3.05) is 0 Å². The Morgan fingerprint density at radius 2 is 1.25 bits per heavy atom. The molecule has 7 heteroatoms. The minimum Gasteiger partial charge on any atom is -0.491 e. The SMILES string of the molecule is CC(C)Oc1ccc([C@@H](N)c2ccc(OC(F)(F)F)cc2)cc1.Cl. The van der Waals surface area contributed by atoms with Gasteiger partial charge in [-0.1, -0.05) is 24.3 Å². The molecule has 0 unspecified atom stereocenters. The first-order valence-corrected chi connectivity index (χ1v) is 7.12. The van der Waals surface area contributed by atoms with Gasteiger partial charge in [0.05, 0.1) is 12.1 Å². The van der Waals surface area contributed by atoms with E-state index in [-0.39, 0.29) is 24.3 Å². The zero-order chi connectivity index (χ0) is 17.0. The van der Waals surface area contributed by atoms with Gasteiger partial charge in [0, 0.05) is 0 Å². The molecule has 0 saturated heterocycles. The standard InChI is InChI=1S/C17H18F3NO2.ClH/c1-11(2)22-14-7-3-12(4-8-14)16(21)13-5-9-15(10-6-13)23-17(18,19)20;/h3-11,16H,21H2,1-2H3;1H/t16-;/m1./s1. The molecular formula is C17H19ClF3NO2. The van der Waals surface area contributed by atoms with Crippen LogP contribution in [-0.4, -0.2) is 12.5 Å². The molecule has 0 aromatic heterocycles. The number of nitrogens with two attached hydrogens (primary N) is 1. The zero-order valence-electron chi connectivity index (χ0n) is 13.2. The van der Waals surface area contributed by atoms with Crippen molar-refractivity contribution in [2.45, 2.75) is 32.4 Å². The first-order chi connectivity index (χ1) is 10.7. The van der Waals surface area contributed by atoms with Gasteiger partial charge in [-0.05, 0) is 49.2 Å². The maximum absolute atomic E-state index is 12.1. The number of alkyl halides is 3. The summed E-state index contributed by atoms with van der Waals surface area (Å²) >= 11 is 0.